The molecule has 1 fully saturated rings. The van der Waals surface area contributed by atoms with Crippen molar-refractivity contribution >= 4 is 24.0 Å². The quantitative estimate of drug-likeness (QED) is 0.890. The van der Waals surface area contributed by atoms with Crippen LogP contribution >= 0.6 is 12.4 Å². The predicted molar refractivity (Wildman–Crippen MR) is 90.0 cm³/mol. The van der Waals surface area contributed by atoms with E-state index in [0.29, 0.717) is 19.1 Å². The van der Waals surface area contributed by atoms with Gasteiger partial charge in [0.25, 0.3) is 0 Å². The van der Waals surface area contributed by atoms with E-state index in [-0.39, 0.29) is 18.3 Å². The first kappa shape index (κ1) is 16.3. The van der Waals surface area contributed by atoms with Crippen LogP contribution in [0, 0.1) is 0 Å². The molecule has 0 atom stereocenters. The molecular formula is C17H20ClN3O. The highest BCUT2D eigenvalue weighted by atomic mass is 35.5. The fourth-order valence-corrected chi connectivity index (χ4v) is 2.33. The van der Waals surface area contributed by atoms with Gasteiger partial charge in [0.1, 0.15) is 0 Å². The summed E-state index contributed by atoms with van der Waals surface area (Å²) in [7, 11) is 0. The largest absolute Gasteiger partial charge is 0.376 e. The lowest BCUT2D eigenvalue weighted by Gasteiger charge is -2.23. The minimum atomic E-state index is 0. The second-order valence-corrected chi connectivity index (χ2v) is 5.33. The lowest BCUT2D eigenvalue weighted by molar-refractivity contribution is -0.130. The van der Waals surface area contributed by atoms with Crippen LogP contribution in [0.1, 0.15) is 18.4 Å². The van der Waals surface area contributed by atoms with Crippen LogP contribution < -0.4 is 5.32 Å². The number of anilines is 1. The number of nitrogens with zero attached hydrogens (tertiary/aromatic N) is 2. The summed E-state index contributed by atoms with van der Waals surface area (Å²) in [5.41, 5.74) is 2.11. The third kappa shape index (κ3) is 4.46. The zero-order valence-electron chi connectivity index (χ0n) is 12.3. The van der Waals surface area contributed by atoms with Crippen molar-refractivity contribution < 1.29 is 4.79 Å². The van der Waals surface area contributed by atoms with E-state index in [0.717, 1.165) is 24.1 Å². The smallest absolute Gasteiger partial charge is 0.242 e. The highest BCUT2D eigenvalue weighted by Crippen LogP contribution is 2.28. The first-order valence-electron chi connectivity index (χ1n) is 7.30. The van der Waals surface area contributed by atoms with Crippen molar-refractivity contribution in [1.82, 2.24) is 9.88 Å². The highest BCUT2D eigenvalue weighted by Gasteiger charge is 2.32. The fourth-order valence-electron chi connectivity index (χ4n) is 2.33. The molecule has 1 aliphatic rings. The Kier molecular flexibility index (Phi) is 5.78. The number of benzene rings is 1. The molecule has 0 radical (unpaired) electrons. The van der Waals surface area contributed by atoms with E-state index in [4.69, 9.17) is 0 Å². The summed E-state index contributed by atoms with van der Waals surface area (Å²) < 4.78 is 0. The number of nitrogens with one attached hydrogen (secondary N) is 1. The number of hydrogen-bond acceptors (Lipinski definition) is 3. The Bertz CT molecular complexity index is 587. The monoisotopic (exact) mass is 317 g/mol. The molecule has 4 nitrogen and oxygen atoms in total. The van der Waals surface area contributed by atoms with Crippen molar-refractivity contribution in [2.75, 3.05) is 11.9 Å². The Morgan fingerprint density at radius 2 is 1.82 bits per heavy atom. The van der Waals surface area contributed by atoms with E-state index >= 15 is 0 Å². The van der Waals surface area contributed by atoms with Crippen LogP contribution in [0.15, 0.2) is 54.9 Å². The Hall–Kier alpha value is -2.07. The number of carbonyl (C=O) groups excluding carboxylic acids is 1. The Labute approximate surface area is 137 Å². The molecule has 3 rings (SSSR count). The van der Waals surface area contributed by atoms with E-state index in [1.807, 2.05) is 47.4 Å². The molecule has 1 N–H and O–H groups in total. The van der Waals surface area contributed by atoms with Gasteiger partial charge in [-0.3, -0.25) is 9.78 Å². The lowest BCUT2D eigenvalue weighted by Crippen LogP contribution is -2.36. The van der Waals surface area contributed by atoms with E-state index in [1.54, 1.807) is 12.4 Å². The molecular weight excluding hydrogens is 298 g/mol. The first-order chi connectivity index (χ1) is 10.3. The molecule has 1 aliphatic carbocycles. The number of hydrogen-bond donors (Lipinski definition) is 1. The maximum atomic E-state index is 12.5. The van der Waals surface area contributed by atoms with Gasteiger partial charge in [-0.25, -0.2) is 0 Å². The Balaban J connectivity index is 0.00000176. The summed E-state index contributed by atoms with van der Waals surface area (Å²) in [6, 6.07) is 14.2. The SMILES string of the molecule is Cl.O=C(CNc1ccccc1)N(Cc1ccncc1)C1CC1. The topological polar surface area (TPSA) is 45.2 Å². The van der Waals surface area contributed by atoms with Gasteiger partial charge in [0.05, 0.1) is 6.54 Å². The molecule has 116 valence electrons. The van der Waals surface area contributed by atoms with Crippen LogP contribution in [0.2, 0.25) is 0 Å². The maximum Gasteiger partial charge on any atom is 0.242 e. The van der Waals surface area contributed by atoms with E-state index in [2.05, 4.69) is 10.3 Å². The van der Waals surface area contributed by atoms with Gasteiger partial charge < -0.3 is 10.2 Å². The average Bonchev–Trinajstić information content (AvgIpc) is 3.37. The number of para-hydroxylation sites is 1. The van der Waals surface area contributed by atoms with Gasteiger partial charge in [-0.05, 0) is 42.7 Å². The lowest BCUT2D eigenvalue weighted by atomic mass is 10.2. The minimum absolute atomic E-state index is 0. The fraction of sp³-hybridized carbons (Fsp3) is 0.294. The van der Waals surface area contributed by atoms with Gasteiger partial charge in [-0.1, -0.05) is 18.2 Å². The molecule has 1 heterocycles. The number of halogens is 1. The van der Waals surface area contributed by atoms with Crippen molar-refractivity contribution in [1.29, 1.82) is 0 Å². The van der Waals surface area contributed by atoms with Crippen molar-refractivity contribution in [2.24, 2.45) is 0 Å². The predicted octanol–water partition coefficient (Wildman–Crippen LogP) is 3.11. The van der Waals surface area contributed by atoms with Crippen LogP contribution in [-0.2, 0) is 11.3 Å². The molecule has 1 aromatic carbocycles. The van der Waals surface area contributed by atoms with Crippen molar-refractivity contribution in [2.45, 2.75) is 25.4 Å². The van der Waals surface area contributed by atoms with Gasteiger partial charge in [-0.15, -0.1) is 12.4 Å². The molecule has 0 aliphatic heterocycles. The third-order valence-corrected chi connectivity index (χ3v) is 3.63. The zero-order valence-corrected chi connectivity index (χ0v) is 13.1. The van der Waals surface area contributed by atoms with Crippen molar-refractivity contribution in [3.05, 3.63) is 60.4 Å². The van der Waals surface area contributed by atoms with Gasteiger partial charge >= 0.3 is 0 Å². The molecule has 1 amide bonds. The van der Waals surface area contributed by atoms with Crippen LogP contribution in [0.4, 0.5) is 5.69 Å². The van der Waals surface area contributed by atoms with Gasteiger partial charge in [0.15, 0.2) is 0 Å². The zero-order chi connectivity index (χ0) is 14.5. The molecule has 0 saturated heterocycles. The van der Waals surface area contributed by atoms with Crippen molar-refractivity contribution in [3.63, 3.8) is 0 Å². The molecule has 0 bridgehead atoms. The maximum absolute atomic E-state index is 12.5. The van der Waals surface area contributed by atoms with E-state index in [1.165, 1.54) is 0 Å². The highest BCUT2D eigenvalue weighted by molar-refractivity contribution is 5.85. The number of pyridine rings is 1. The molecule has 1 aromatic heterocycles. The summed E-state index contributed by atoms with van der Waals surface area (Å²) in [5, 5.41) is 3.19. The van der Waals surface area contributed by atoms with Gasteiger partial charge in [-0.2, -0.15) is 0 Å². The normalized spacial score (nSPS) is 13.1. The number of carbonyl (C=O) groups is 1. The minimum Gasteiger partial charge on any atom is -0.376 e. The summed E-state index contributed by atoms with van der Waals surface area (Å²) in [5.74, 6) is 0.151. The van der Waals surface area contributed by atoms with Crippen molar-refractivity contribution in [3.8, 4) is 0 Å². The first-order valence-corrected chi connectivity index (χ1v) is 7.30. The molecule has 5 heteroatoms. The van der Waals surface area contributed by atoms with Crippen LogP contribution in [0.25, 0.3) is 0 Å². The Morgan fingerprint density at radius 3 is 2.45 bits per heavy atom. The summed E-state index contributed by atoms with van der Waals surface area (Å²) >= 11 is 0. The van der Waals surface area contributed by atoms with Crippen LogP contribution in [0.3, 0.4) is 0 Å². The second-order valence-electron chi connectivity index (χ2n) is 5.33. The van der Waals surface area contributed by atoms with E-state index < -0.39 is 0 Å². The molecule has 22 heavy (non-hydrogen) atoms. The summed E-state index contributed by atoms with van der Waals surface area (Å²) in [6.07, 6.45) is 5.77. The number of rotatable bonds is 6. The standard InChI is InChI=1S/C17H19N3O.ClH/c21-17(12-19-15-4-2-1-3-5-15)20(16-6-7-16)13-14-8-10-18-11-9-14;/h1-5,8-11,16,19H,6-7,12-13H2;1H. The molecule has 0 unspecified atom stereocenters. The summed E-state index contributed by atoms with van der Waals surface area (Å²) in [6.45, 7) is 1.01. The average molecular weight is 318 g/mol. The van der Waals surface area contributed by atoms with Crippen LogP contribution in [-0.4, -0.2) is 28.4 Å². The molecule has 2 aromatic rings. The van der Waals surface area contributed by atoms with E-state index in [9.17, 15) is 4.79 Å². The molecule has 1 saturated carbocycles. The van der Waals surface area contributed by atoms with Gasteiger partial charge in [0, 0.05) is 30.7 Å². The number of aromatic nitrogens is 1. The second kappa shape index (κ2) is 7.80. The Morgan fingerprint density at radius 1 is 1.14 bits per heavy atom. The molecule has 0 spiro atoms. The van der Waals surface area contributed by atoms with Crippen LogP contribution in [0.5, 0.6) is 0 Å². The number of amides is 1. The summed E-state index contributed by atoms with van der Waals surface area (Å²) in [4.78, 5) is 18.4. The third-order valence-electron chi connectivity index (χ3n) is 3.63. The van der Waals surface area contributed by atoms with Gasteiger partial charge in [0.2, 0.25) is 5.91 Å².